The third-order valence-electron chi connectivity index (χ3n) is 5.08. The van der Waals surface area contributed by atoms with Crippen LogP contribution in [0.2, 0.25) is 0 Å². The molecule has 0 atom stereocenters. The molecule has 0 amide bonds. The maximum atomic E-state index is 12.8. The Kier molecular flexibility index (Phi) is 4.02. The van der Waals surface area contributed by atoms with Crippen LogP contribution in [0.15, 0.2) is 35.2 Å². The first-order valence-corrected chi connectivity index (χ1v) is 9.24. The fourth-order valence-electron chi connectivity index (χ4n) is 3.70. The molecular weight excluding hydrogens is 318 g/mol. The Morgan fingerprint density at radius 2 is 1.88 bits per heavy atom. The molecule has 1 saturated heterocycles. The number of hydrogen-bond acceptors (Lipinski definition) is 4. The highest BCUT2D eigenvalue weighted by Gasteiger charge is 2.27. The van der Waals surface area contributed by atoms with Gasteiger partial charge in [0.1, 0.15) is 5.75 Å². The monoisotopic (exact) mass is 339 g/mol. The summed E-state index contributed by atoms with van der Waals surface area (Å²) in [6.45, 7) is 2.16. The van der Waals surface area contributed by atoms with Gasteiger partial charge in [-0.15, -0.1) is 11.3 Å². The molecule has 1 aromatic heterocycles. The number of likely N-dealkylation sites (tertiary alicyclic amines) is 1. The molecule has 24 heavy (non-hydrogen) atoms. The van der Waals surface area contributed by atoms with Crippen LogP contribution in [0.5, 0.6) is 5.75 Å². The SMILES string of the molecule is COc1ccc2c(c1)C(=O)Cc1sccc1C2=C1CCN(C)CC1. The molecule has 0 radical (unpaired) electrons. The molecule has 1 aliphatic carbocycles. The van der Waals surface area contributed by atoms with Gasteiger partial charge in [-0.25, -0.2) is 0 Å². The van der Waals surface area contributed by atoms with E-state index in [4.69, 9.17) is 4.74 Å². The van der Waals surface area contributed by atoms with Crippen molar-refractivity contribution in [3.63, 3.8) is 0 Å². The van der Waals surface area contributed by atoms with Crippen molar-refractivity contribution in [1.82, 2.24) is 4.90 Å². The minimum Gasteiger partial charge on any atom is -0.497 e. The van der Waals surface area contributed by atoms with Crippen LogP contribution < -0.4 is 4.74 Å². The zero-order valence-electron chi connectivity index (χ0n) is 14.1. The van der Waals surface area contributed by atoms with E-state index < -0.39 is 0 Å². The Morgan fingerprint density at radius 1 is 1.08 bits per heavy atom. The topological polar surface area (TPSA) is 29.5 Å². The fourth-order valence-corrected chi connectivity index (χ4v) is 4.58. The second-order valence-electron chi connectivity index (χ2n) is 6.55. The third kappa shape index (κ3) is 2.60. The largest absolute Gasteiger partial charge is 0.497 e. The summed E-state index contributed by atoms with van der Waals surface area (Å²) in [6, 6.07) is 8.13. The molecule has 1 aliphatic heterocycles. The number of piperidine rings is 1. The van der Waals surface area contributed by atoms with E-state index in [0.717, 1.165) is 42.8 Å². The Morgan fingerprint density at radius 3 is 2.62 bits per heavy atom. The van der Waals surface area contributed by atoms with E-state index in [1.54, 1.807) is 18.4 Å². The first kappa shape index (κ1) is 15.6. The van der Waals surface area contributed by atoms with Gasteiger partial charge in [-0.3, -0.25) is 4.79 Å². The summed E-state index contributed by atoms with van der Waals surface area (Å²) in [5.41, 5.74) is 5.92. The van der Waals surface area contributed by atoms with E-state index in [0.29, 0.717) is 6.42 Å². The maximum absolute atomic E-state index is 12.8. The van der Waals surface area contributed by atoms with Gasteiger partial charge in [-0.1, -0.05) is 5.57 Å². The standard InChI is InChI=1S/C20H21NO2S/c1-21-8-5-13(6-9-21)20-15-4-3-14(23-2)11-17(15)18(22)12-19-16(20)7-10-24-19/h3-4,7,10-11H,5-6,8-9,12H2,1-2H3. The van der Waals surface area contributed by atoms with Crippen LogP contribution in [0, 0.1) is 0 Å². The number of methoxy groups -OCH3 is 1. The predicted octanol–water partition coefficient (Wildman–Crippen LogP) is 4.02. The number of hydrogen-bond donors (Lipinski definition) is 0. The summed E-state index contributed by atoms with van der Waals surface area (Å²) in [6.07, 6.45) is 2.63. The summed E-state index contributed by atoms with van der Waals surface area (Å²) >= 11 is 1.69. The lowest BCUT2D eigenvalue weighted by Crippen LogP contribution is -2.27. The average molecular weight is 339 g/mol. The molecule has 124 valence electrons. The van der Waals surface area contributed by atoms with E-state index in [1.807, 2.05) is 12.1 Å². The molecule has 2 aromatic rings. The number of nitrogens with zero attached hydrogens (tertiary/aromatic N) is 1. The smallest absolute Gasteiger partial charge is 0.168 e. The van der Waals surface area contributed by atoms with E-state index >= 15 is 0 Å². The van der Waals surface area contributed by atoms with Crippen LogP contribution in [0.25, 0.3) is 5.57 Å². The molecule has 0 unspecified atom stereocenters. The van der Waals surface area contributed by atoms with Crippen molar-refractivity contribution in [3.8, 4) is 5.75 Å². The molecule has 2 heterocycles. The van der Waals surface area contributed by atoms with Crippen molar-refractivity contribution >= 4 is 22.7 Å². The van der Waals surface area contributed by atoms with Gasteiger partial charge in [-0.2, -0.15) is 0 Å². The molecule has 4 heteroatoms. The Labute approximate surface area is 146 Å². The average Bonchev–Trinajstić information content (AvgIpc) is 3.00. The van der Waals surface area contributed by atoms with Crippen LogP contribution in [0.1, 0.15) is 39.2 Å². The van der Waals surface area contributed by atoms with Gasteiger partial charge in [0.2, 0.25) is 0 Å². The van der Waals surface area contributed by atoms with E-state index in [-0.39, 0.29) is 5.78 Å². The number of benzene rings is 1. The molecule has 0 N–H and O–H groups in total. The Bertz CT molecular complexity index is 824. The summed E-state index contributed by atoms with van der Waals surface area (Å²) in [7, 11) is 3.82. The van der Waals surface area contributed by atoms with E-state index in [1.165, 1.54) is 21.6 Å². The lowest BCUT2D eigenvalue weighted by molar-refractivity contribution is 0.0993. The van der Waals surface area contributed by atoms with Crippen molar-refractivity contribution < 1.29 is 9.53 Å². The number of Topliss-reactive ketones (excluding diaryl/α,β-unsaturated/α-hetero) is 1. The van der Waals surface area contributed by atoms with Gasteiger partial charge in [0, 0.05) is 30.0 Å². The van der Waals surface area contributed by atoms with Crippen LogP contribution in [0.4, 0.5) is 0 Å². The minimum absolute atomic E-state index is 0.191. The minimum atomic E-state index is 0.191. The van der Waals surface area contributed by atoms with Crippen molar-refractivity contribution in [2.24, 2.45) is 0 Å². The van der Waals surface area contributed by atoms with E-state index in [2.05, 4.69) is 29.5 Å². The Hall–Kier alpha value is -1.91. The Balaban J connectivity index is 1.95. The zero-order valence-corrected chi connectivity index (χ0v) is 14.9. The molecule has 1 aromatic carbocycles. The summed E-state index contributed by atoms with van der Waals surface area (Å²) < 4.78 is 5.35. The lowest BCUT2D eigenvalue weighted by Gasteiger charge is -2.27. The first-order valence-electron chi connectivity index (χ1n) is 8.36. The number of rotatable bonds is 1. The van der Waals surface area contributed by atoms with E-state index in [9.17, 15) is 4.79 Å². The van der Waals surface area contributed by atoms with Gasteiger partial charge in [0.05, 0.1) is 7.11 Å². The number of thiophene rings is 1. The van der Waals surface area contributed by atoms with Crippen molar-refractivity contribution in [3.05, 3.63) is 56.8 Å². The molecule has 3 nitrogen and oxygen atoms in total. The van der Waals surface area contributed by atoms with Crippen LogP contribution in [0.3, 0.4) is 0 Å². The zero-order chi connectivity index (χ0) is 16.7. The fraction of sp³-hybridized carbons (Fsp3) is 0.350. The molecule has 1 fully saturated rings. The third-order valence-corrected chi connectivity index (χ3v) is 6.00. The summed E-state index contributed by atoms with van der Waals surface area (Å²) in [4.78, 5) is 16.4. The summed E-state index contributed by atoms with van der Waals surface area (Å²) in [5, 5.41) is 2.11. The summed E-state index contributed by atoms with van der Waals surface area (Å²) in [5.74, 6) is 0.941. The van der Waals surface area contributed by atoms with Crippen LogP contribution in [-0.4, -0.2) is 37.9 Å². The number of carbonyl (C=O) groups excluding carboxylic acids is 1. The van der Waals surface area contributed by atoms with Crippen molar-refractivity contribution in [2.45, 2.75) is 19.3 Å². The van der Waals surface area contributed by atoms with Crippen molar-refractivity contribution in [1.29, 1.82) is 0 Å². The second kappa shape index (κ2) is 6.19. The number of carbonyl (C=O) groups is 1. The lowest BCUT2D eigenvalue weighted by atomic mass is 9.87. The normalized spacial score (nSPS) is 18.2. The van der Waals surface area contributed by atoms with Gasteiger partial charge < -0.3 is 9.64 Å². The highest BCUT2D eigenvalue weighted by atomic mass is 32.1. The molecule has 0 bridgehead atoms. The molecular formula is C20H21NO2S. The van der Waals surface area contributed by atoms with Gasteiger partial charge in [0.25, 0.3) is 0 Å². The molecule has 0 spiro atoms. The van der Waals surface area contributed by atoms with Gasteiger partial charge in [0.15, 0.2) is 5.78 Å². The highest BCUT2D eigenvalue weighted by Crippen LogP contribution is 2.41. The molecule has 4 rings (SSSR count). The van der Waals surface area contributed by atoms with Crippen LogP contribution >= 0.6 is 11.3 Å². The molecule has 2 aliphatic rings. The first-order chi connectivity index (χ1) is 11.7. The number of ketones is 1. The van der Waals surface area contributed by atoms with Gasteiger partial charge >= 0.3 is 0 Å². The maximum Gasteiger partial charge on any atom is 0.168 e. The van der Waals surface area contributed by atoms with Gasteiger partial charge in [-0.05, 0) is 66.2 Å². The number of fused-ring (bicyclic) bond motifs is 2. The predicted molar refractivity (Wildman–Crippen MR) is 98.1 cm³/mol. The second-order valence-corrected chi connectivity index (χ2v) is 7.55. The van der Waals surface area contributed by atoms with Crippen LogP contribution in [-0.2, 0) is 6.42 Å². The number of ether oxygens (including phenoxy) is 1. The quantitative estimate of drug-likeness (QED) is 0.786. The highest BCUT2D eigenvalue weighted by molar-refractivity contribution is 7.10. The molecule has 0 saturated carbocycles. The van der Waals surface area contributed by atoms with Crippen molar-refractivity contribution in [2.75, 3.05) is 27.2 Å².